The third-order valence-electron chi connectivity index (χ3n) is 5.64. The molecule has 1 saturated heterocycles. The van der Waals surface area contributed by atoms with E-state index in [1.54, 1.807) is 11.8 Å². The number of hydrogen-bond donors (Lipinski definition) is 0. The Kier molecular flexibility index (Phi) is 5.09. The molecule has 0 N–H and O–H groups in total. The van der Waals surface area contributed by atoms with Crippen LogP contribution in [0.1, 0.15) is 55.5 Å². The number of carbonyl (C=O) groups is 2. The van der Waals surface area contributed by atoms with Crippen molar-refractivity contribution in [2.24, 2.45) is 0 Å². The molecule has 1 aliphatic rings. The summed E-state index contributed by atoms with van der Waals surface area (Å²) in [4.78, 5) is 29.0. The van der Waals surface area contributed by atoms with E-state index in [-0.39, 0.29) is 17.4 Å². The second kappa shape index (κ2) is 7.08. The maximum absolute atomic E-state index is 13.1. The van der Waals surface area contributed by atoms with Crippen LogP contribution in [0, 0.1) is 20.8 Å². The maximum Gasteiger partial charge on any atom is 0.332 e. The highest BCUT2D eigenvalue weighted by atomic mass is 16.2. The Morgan fingerprint density at radius 1 is 0.929 bits per heavy atom. The summed E-state index contributed by atoms with van der Waals surface area (Å²) in [5.74, 6) is -0.149. The quantitative estimate of drug-likeness (QED) is 0.683. The van der Waals surface area contributed by atoms with Gasteiger partial charge in [-0.15, -0.1) is 0 Å². The predicted molar refractivity (Wildman–Crippen MR) is 114 cm³/mol. The van der Waals surface area contributed by atoms with Gasteiger partial charge in [0.25, 0.3) is 5.91 Å². The number of urea groups is 1. The second-order valence-corrected chi connectivity index (χ2v) is 8.93. The van der Waals surface area contributed by atoms with E-state index in [4.69, 9.17) is 0 Å². The normalized spacial score (nSPS) is 17.6. The third-order valence-corrected chi connectivity index (χ3v) is 5.64. The lowest BCUT2D eigenvalue weighted by atomic mass is 9.84. The van der Waals surface area contributed by atoms with E-state index in [9.17, 15) is 9.59 Å². The smallest absolute Gasteiger partial charge is 0.282 e. The topological polar surface area (TPSA) is 40.6 Å². The van der Waals surface area contributed by atoms with Gasteiger partial charge in [-0.25, -0.2) is 4.79 Å². The summed E-state index contributed by atoms with van der Waals surface area (Å²) >= 11 is 0. The number of hydrogen-bond acceptors (Lipinski definition) is 2. The zero-order valence-electron chi connectivity index (χ0n) is 18.0. The molecule has 0 bridgehead atoms. The molecule has 0 saturated carbocycles. The molecule has 1 heterocycles. The largest absolute Gasteiger partial charge is 0.332 e. The van der Waals surface area contributed by atoms with E-state index in [0.717, 1.165) is 27.9 Å². The average Bonchev–Trinajstić information content (AvgIpc) is 2.81. The first kappa shape index (κ1) is 20.1. The zero-order valence-corrected chi connectivity index (χ0v) is 18.0. The fraction of sp³-hybridized carbons (Fsp3) is 0.417. The highest BCUT2D eigenvalue weighted by molar-refractivity contribution is 6.14. The molecule has 4 nitrogen and oxygen atoms in total. The van der Waals surface area contributed by atoms with Crippen molar-refractivity contribution in [1.82, 2.24) is 4.90 Å². The fourth-order valence-corrected chi connectivity index (χ4v) is 3.74. The Morgan fingerprint density at radius 2 is 1.46 bits per heavy atom. The summed E-state index contributed by atoms with van der Waals surface area (Å²) in [7, 11) is 0. The predicted octanol–water partition coefficient (Wildman–Crippen LogP) is 5.27. The maximum atomic E-state index is 13.1. The van der Waals surface area contributed by atoms with Crippen LogP contribution in [-0.2, 0) is 16.8 Å². The van der Waals surface area contributed by atoms with E-state index in [1.807, 2.05) is 31.2 Å². The van der Waals surface area contributed by atoms with Crippen LogP contribution in [0.3, 0.4) is 0 Å². The molecule has 2 aromatic rings. The lowest BCUT2D eigenvalue weighted by molar-refractivity contribution is -0.127. The minimum atomic E-state index is -0.496. The summed E-state index contributed by atoms with van der Waals surface area (Å²) in [6.45, 7) is 14.8. The molecule has 0 aliphatic carbocycles. The van der Waals surface area contributed by atoms with Gasteiger partial charge in [-0.1, -0.05) is 50.6 Å². The molecule has 28 heavy (non-hydrogen) atoms. The van der Waals surface area contributed by atoms with Crippen LogP contribution >= 0.6 is 0 Å². The van der Waals surface area contributed by atoms with Crippen molar-refractivity contribution in [1.29, 1.82) is 0 Å². The second-order valence-electron chi connectivity index (χ2n) is 8.93. The first-order valence-electron chi connectivity index (χ1n) is 9.82. The molecule has 3 rings (SSSR count). The molecule has 1 fully saturated rings. The summed E-state index contributed by atoms with van der Waals surface area (Å²) in [5.41, 5.74) is 6.49. The van der Waals surface area contributed by atoms with Crippen molar-refractivity contribution in [3.63, 3.8) is 0 Å². The van der Waals surface area contributed by atoms with E-state index in [0.29, 0.717) is 6.54 Å². The molecular weight excluding hydrogens is 348 g/mol. The Labute approximate surface area is 168 Å². The summed E-state index contributed by atoms with van der Waals surface area (Å²) < 4.78 is 0. The van der Waals surface area contributed by atoms with Crippen LogP contribution in [0.4, 0.5) is 10.5 Å². The van der Waals surface area contributed by atoms with Crippen LogP contribution in [0.25, 0.3) is 0 Å². The molecule has 0 aromatic heterocycles. The standard InChI is InChI=1S/C24H30N2O2/c1-15-8-10-20(11-9-15)26-18(4)22(27)25(23(26)28)14-21-16(2)12-19(13-17(21)3)24(5,6)7/h8-13,18H,14H2,1-7H3. The minimum Gasteiger partial charge on any atom is -0.282 e. The summed E-state index contributed by atoms with van der Waals surface area (Å²) in [6.07, 6.45) is 0. The van der Waals surface area contributed by atoms with Crippen molar-refractivity contribution in [2.75, 3.05) is 4.90 Å². The van der Waals surface area contributed by atoms with Crippen LogP contribution in [0.15, 0.2) is 36.4 Å². The number of benzene rings is 2. The van der Waals surface area contributed by atoms with Gasteiger partial charge in [-0.2, -0.15) is 0 Å². The van der Waals surface area contributed by atoms with Gasteiger partial charge in [0.2, 0.25) is 0 Å². The minimum absolute atomic E-state index is 0.0596. The van der Waals surface area contributed by atoms with Crippen LogP contribution in [0.5, 0.6) is 0 Å². The summed E-state index contributed by atoms with van der Waals surface area (Å²) in [5, 5.41) is 0. The monoisotopic (exact) mass is 378 g/mol. The van der Waals surface area contributed by atoms with Crippen molar-refractivity contribution < 1.29 is 9.59 Å². The molecule has 1 unspecified atom stereocenters. The van der Waals surface area contributed by atoms with Crippen molar-refractivity contribution in [3.8, 4) is 0 Å². The molecule has 3 amide bonds. The average molecular weight is 379 g/mol. The number of anilines is 1. The molecular formula is C24H30N2O2. The number of carbonyl (C=O) groups excluding carboxylic acids is 2. The van der Waals surface area contributed by atoms with Crippen molar-refractivity contribution >= 4 is 17.6 Å². The van der Waals surface area contributed by atoms with Gasteiger partial charge in [-0.3, -0.25) is 14.6 Å². The Balaban J connectivity index is 1.92. The molecule has 0 radical (unpaired) electrons. The van der Waals surface area contributed by atoms with Crippen LogP contribution in [-0.4, -0.2) is 22.9 Å². The van der Waals surface area contributed by atoms with E-state index in [1.165, 1.54) is 10.5 Å². The van der Waals surface area contributed by atoms with E-state index >= 15 is 0 Å². The summed E-state index contributed by atoms with van der Waals surface area (Å²) in [6, 6.07) is 11.3. The number of aryl methyl sites for hydroxylation is 3. The number of amides is 3. The molecule has 2 aromatic carbocycles. The Bertz CT molecular complexity index is 900. The molecule has 0 spiro atoms. The highest BCUT2D eigenvalue weighted by Gasteiger charge is 2.43. The third kappa shape index (κ3) is 3.56. The van der Waals surface area contributed by atoms with Crippen molar-refractivity contribution in [3.05, 3.63) is 64.2 Å². The lowest BCUT2D eigenvalue weighted by Gasteiger charge is -2.24. The van der Waals surface area contributed by atoms with Gasteiger partial charge in [0.1, 0.15) is 6.04 Å². The van der Waals surface area contributed by atoms with Crippen LogP contribution in [0.2, 0.25) is 0 Å². The van der Waals surface area contributed by atoms with Crippen LogP contribution < -0.4 is 4.90 Å². The zero-order chi connectivity index (χ0) is 20.8. The Hall–Kier alpha value is -2.62. The highest BCUT2D eigenvalue weighted by Crippen LogP contribution is 2.31. The fourth-order valence-electron chi connectivity index (χ4n) is 3.74. The van der Waals surface area contributed by atoms with E-state index < -0.39 is 6.04 Å². The van der Waals surface area contributed by atoms with E-state index in [2.05, 4.69) is 46.8 Å². The van der Waals surface area contributed by atoms with Gasteiger partial charge < -0.3 is 0 Å². The molecule has 1 atom stereocenters. The van der Waals surface area contributed by atoms with Gasteiger partial charge >= 0.3 is 6.03 Å². The molecule has 1 aliphatic heterocycles. The first-order chi connectivity index (χ1) is 13.0. The van der Waals surface area contributed by atoms with Crippen molar-refractivity contribution in [2.45, 2.75) is 66.5 Å². The number of imide groups is 1. The molecule has 4 heteroatoms. The SMILES string of the molecule is Cc1ccc(N2C(=O)N(Cc3c(C)cc(C(C)(C)C)cc3C)C(=O)C2C)cc1. The molecule has 148 valence electrons. The van der Waals surface area contributed by atoms with Gasteiger partial charge in [0, 0.05) is 5.69 Å². The lowest BCUT2D eigenvalue weighted by Crippen LogP contribution is -2.33. The van der Waals surface area contributed by atoms with Gasteiger partial charge in [0.15, 0.2) is 0 Å². The van der Waals surface area contributed by atoms with Gasteiger partial charge in [0.05, 0.1) is 6.54 Å². The Morgan fingerprint density at radius 3 is 1.96 bits per heavy atom. The number of nitrogens with zero attached hydrogens (tertiary/aromatic N) is 2. The first-order valence-corrected chi connectivity index (χ1v) is 9.82. The number of rotatable bonds is 3. The van der Waals surface area contributed by atoms with Gasteiger partial charge in [-0.05, 0) is 67.5 Å².